The fourth-order valence-corrected chi connectivity index (χ4v) is 13.3. The summed E-state index contributed by atoms with van der Waals surface area (Å²) >= 11 is 45.2. The average molecular weight is 1140 g/mol. The van der Waals surface area contributed by atoms with Crippen LogP contribution in [0.25, 0.3) is 0 Å². The number of hydrogen-bond donors (Lipinski definition) is 0. The van der Waals surface area contributed by atoms with E-state index in [9.17, 15) is 0 Å². The van der Waals surface area contributed by atoms with Crippen molar-refractivity contribution in [2.24, 2.45) is 0 Å². The second kappa shape index (κ2) is 10.2. The molecule has 0 fully saturated rings. The lowest BCUT2D eigenvalue weighted by Crippen LogP contribution is -2.46. The van der Waals surface area contributed by atoms with E-state index in [1.54, 1.807) is 0 Å². The van der Waals surface area contributed by atoms with E-state index >= 15 is 0 Å². The molecular formula is C15H4Br12. The van der Waals surface area contributed by atoms with Gasteiger partial charge in [0.2, 0.25) is 0 Å². The third kappa shape index (κ3) is 5.02. The van der Waals surface area contributed by atoms with Gasteiger partial charge in [-0.05, 0) is 91.3 Å². The first-order valence-electron chi connectivity index (χ1n) is 6.60. The lowest BCUT2D eigenvalue weighted by molar-refractivity contribution is 0.639. The molecule has 0 aromatic heterocycles. The summed E-state index contributed by atoms with van der Waals surface area (Å²) in [6.07, 6.45) is 0. The molecule has 27 heavy (non-hydrogen) atoms. The molecule has 0 heterocycles. The summed E-state index contributed by atoms with van der Waals surface area (Å²) < 4.78 is 2.96. The van der Waals surface area contributed by atoms with Crippen LogP contribution >= 0.6 is 191 Å². The predicted molar refractivity (Wildman–Crippen MR) is 159 cm³/mol. The molecule has 0 radical (unpaired) electrons. The zero-order chi connectivity index (χ0) is 20.9. The van der Waals surface area contributed by atoms with E-state index in [1.807, 2.05) is 24.3 Å². The van der Waals surface area contributed by atoms with Crippen LogP contribution in [-0.2, 0) is 7.56 Å². The van der Waals surface area contributed by atoms with Crippen LogP contribution in [0.2, 0.25) is 0 Å². The molecule has 0 aliphatic heterocycles. The molecule has 2 aromatic rings. The predicted octanol–water partition coefficient (Wildman–Crippen LogP) is 12.3. The Morgan fingerprint density at radius 1 is 0.556 bits per heavy atom. The standard InChI is InChI=1S/C15H4Br12/c16-6-4-2-1-3-5(6)13(22,15(25,26)27)14(23,24)7-8(17)10(19)12(21)11(20)9(7)18/h1-4H. The fraction of sp³-hybridized carbons (Fsp3) is 0.200. The third-order valence-corrected chi connectivity index (χ3v) is 18.4. The second-order valence-corrected chi connectivity index (χ2v) is 21.4. The van der Waals surface area contributed by atoms with E-state index < -0.39 is 9.70 Å². The number of hydrogen-bond acceptors (Lipinski definition) is 0. The van der Waals surface area contributed by atoms with Crippen molar-refractivity contribution in [1.29, 1.82) is 0 Å². The van der Waals surface area contributed by atoms with E-state index in [0.717, 1.165) is 38.0 Å². The molecule has 0 saturated carbocycles. The highest BCUT2D eigenvalue weighted by Gasteiger charge is 2.61. The largest absolute Gasteiger partial charge is 0.156 e. The maximum atomic E-state index is 4.01. The van der Waals surface area contributed by atoms with Gasteiger partial charge in [-0.2, -0.15) is 0 Å². The molecule has 0 amide bonds. The SMILES string of the molecule is Brc1ccccc1C(Br)(C(Br)(Br)Br)C(Br)(Br)c1c(Br)c(Br)c(Br)c(Br)c1Br. The highest BCUT2D eigenvalue weighted by molar-refractivity contribution is 9.40. The minimum Gasteiger partial charge on any atom is -0.0737 e. The smallest absolute Gasteiger partial charge is 0.0737 e. The molecule has 0 spiro atoms. The minimum absolute atomic E-state index is 0.748. The molecule has 0 saturated heterocycles. The Hall–Kier alpha value is 4.20. The van der Waals surface area contributed by atoms with Gasteiger partial charge in [0, 0.05) is 32.4 Å². The van der Waals surface area contributed by atoms with E-state index in [2.05, 4.69) is 191 Å². The van der Waals surface area contributed by atoms with Crippen LogP contribution in [0.3, 0.4) is 0 Å². The molecule has 12 heteroatoms. The average Bonchev–Trinajstić information content (AvgIpc) is 2.56. The van der Waals surface area contributed by atoms with E-state index in [1.165, 1.54) is 0 Å². The van der Waals surface area contributed by atoms with Crippen molar-refractivity contribution in [3.63, 3.8) is 0 Å². The molecule has 0 bridgehead atoms. The summed E-state index contributed by atoms with van der Waals surface area (Å²) in [6, 6.07) is 8.00. The maximum Gasteiger partial charge on any atom is 0.156 e. The van der Waals surface area contributed by atoms with Gasteiger partial charge in [-0.15, -0.1) is 0 Å². The first-order chi connectivity index (χ1) is 12.2. The first-order valence-corrected chi connectivity index (χ1v) is 16.1. The molecule has 0 aliphatic rings. The molecule has 0 N–H and O–H groups in total. The van der Waals surface area contributed by atoms with E-state index in [4.69, 9.17) is 0 Å². The van der Waals surface area contributed by atoms with Crippen molar-refractivity contribution in [3.05, 3.63) is 62.2 Å². The zero-order valence-electron chi connectivity index (χ0n) is 12.3. The van der Waals surface area contributed by atoms with Crippen LogP contribution in [0.1, 0.15) is 11.1 Å². The Balaban J connectivity index is 2.97. The molecule has 148 valence electrons. The van der Waals surface area contributed by atoms with Crippen LogP contribution in [0.5, 0.6) is 0 Å². The Labute approximate surface area is 258 Å². The molecule has 0 nitrogen and oxygen atoms in total. The third-order valence-electron chi connectivity index (χ3n) is 3.59. The molecule has 2 rings (SSSR count). The fourth-order valence-electron chi connectivity index (χ4n) is 2.29. The number of halogens is 12. The summed E-state index contributed by atoms with van der Waals surface area (Å²) in [4.78, 5) is 0. The molecule has 2 aromatic carbocycles. The monoisotopic (exact) mass is 1130 g/mol. The topological polar surface area (TPSA) is 0 Å². The van der Waals surface area contributed by atoms with Crippen molar-refractivity contribution >= 4 is 191 Å². The molecule has 1 atom stereocenters. The van der Waals surface area contributed by atoms with Crippen LogP contribution in [0.15, 0.2) is 51.1 Å². The normalized spacial score (nSPS) is 15.0. The van der Waals surface area contributed by atoms with Crippen LogP contribution < -0.4 is 0 Å². The van der Waals surface area contributed by atoms with Crippen LogP contribution in [-0.4, -0.2) is 2.14 Å². The lowest BCUT2D eigenvalue weighted by Gasteiger charge is -2.46. The molecule has 0 aliphatic carbocycles. The van der Waals surface area contributed by atoms with Gasteiger partial charge in [-0.3, -0.25) is 0 Å². The Morgan fingerprint density at radius 3 is 1.37 bits per heavy atom. The van der Waals surface area contributed by atoms with Crippen LogP contribution in [0, 0.1) is 0 Å². The minimum atomic E-state index is -0.823. The Morgan fingerprint density at radius 2 is 0.963 bits per heavy atom. The number of rotatable bonds is 3. The number of benzene rings is 2. The highest BCUT2D eigenvalue weighted by Crippen LogP contribution is 2.71. The van der Waals surface area contributed by atoms with Gasteiger partial charge in [0.1, 0.15) is 7.56 Å². The molecular weight excluding hydrogens is 1140 g/mol. The lowest BCUT2D eigenvalue weighted by atomic mass is 9.93. The summed E-state index contributed by atoms with van der Waals surface area (Å²) in [5.41, 5.74) is 1.90. The maximum absolute atomic E-state index is 4.01. The van der Waals surface area contributed by atoms with Gasteiger partial charge in [-0.1, -0.05) is 130 Å². The number of alkyl halides is 6. The summed E-state index contributed by atoms with van der Waals surface area (Å²) in [5.74, 6) is 0. The van der Waals surface area contributed by atoms with Crippen molar-refractivity contribution in [1.82, 2.24) is 0 Å². The van der Waals surface area contributed by atoms with Gasteiger partial charge >= 0.3 is 0 Å². The van der Waals surface area contributed by atoms with Crippen molar-refractivity contribution in [3.8, 4) is 0 Å². The summed E-state index contributed by atoms with van der Waals surface area (Å²) in [7, 11) is 0. The van der Waals surface area contributed by atoms with Gasteiger partial charge in [-0.25, -0.2) is 0 Å². The quantitative estimate of drug-likeness (QED) is 0.163. The van der Waals surface area contributed by atoms with Crippen LogP contribution in [0.4, 0.5) is 0 Å². The Bertz CT molecular complexity index is 856. The molecule has 1 unspecified atom stereocenters. The zero-order valence-corrected chi connectivity index (χ0v) is 31.4. The van der Waals surface area contributed by atoms with Crippen molar-refractivity contribution in [2.45, 2.75) is 9.70 Å². The highest BCUT2D eigenvalue weighted by atomic mass is 80.0. The van der Waals surface area contributed by atoms with Gasteiger partial charge in [0.15, 0.2) is 2.14 Å². The van der Waals surface area contributed by atoms with Gasteiger partial charge in [0.25, 0.3) is 0 Å². The van der Waals surface area contributed by atoms with E-state index in [0.29, 0.717) is 0 Å². The second-order valence-electron chi connectivity index (χ2n) is 5.16. The summed E-state index contributed by atoms with van der Waals surface area (Å²) in [5, 5.41) is 0. The van der Waals surface area contributed by atoms with Gasteiger partial charge in [0.05, 0.1) is 0 Å². The van der Waals surface area contributed by atoms with Crippen molar-refractivity contribution in [2.75, 3.05) is 0 Å². The van der Waals surface area contributed by atoms with Gasteiger partial charge < -0.3 is 0 Å². The summed E-state index contributed by atoms with van der Waals surface area (Å²) in [6.45, 7) is 0. The first kappa shape index (κ1) is 27.4. The van der Waals surface area contributed by atoms with Crippen molar-refractivity contribution < 1.29 is 0 Å². The van der Waals surface area contributed by atoms with E-state index in [-0.39, 0.29) is 0 Å². The Kier molecular flexibility index (Phi) is 10.4.